The molecule has 34 heavy (non-hydrogen) atoms. The van der Waals surface area contributed by atoms with Crippen molar-refractivity contribution in [1.29, 1.82) is 0 Å². The zero-order chi connectivity index (χ0) is 23.5. The zero-order valence-electron chi connectivity index (χ0n) is 19.7. The summed E-state index contributed by atoms with van der Waals surface area (Å²) in [5, 5.41) is 23.7. The number of Topliss-reactive ketones (excluding diaryl/α,β-unsaturated/α-hetero) is 1. The van der Waals surface area contributed by atoms with Crippen molar-refractivity contribution in [3.8, 4) is 0 Å². The van der Waals surface area contributed by atoms with Crippen molar-refractivity contribution in [1.82, 2.24) is 4.98 Å². The molecule has 2 N–H and O–H groups in total. The molecule has 1 aromatic heterocycles. The third-order valence-electron chi connectivity index (χ3n) is 9.99. The van der Waals surface area contributed by atoms with Gasteiger partial charge in [-0.05, 0) is 71.2 Å². The van der Waals surface area contributed by atoms with E-state index in [-0.39, 0.29) is 23.2 Å². The van der Waals surface area contributed by atoms with Gasteiger partial charge in [-0.1, -0.05) is 38.1 Å². The molecule has 2 saturated carbocycles. The van der Waals surface area contributed by atoms with E-state index in [2.05, 4.69) is 42.3 Å². The minimum Gasteiger partial charge on any atom is -0.390 e. The number of rotatable bonds is 1. The van der Waals surface area contributed by atoms with Crippen molar-refractivity contribution in [2.75, 3.05) is 0 Å². The molecule has 2 spiro atoms. The highest BCUT2D eigenvalue weighted by molar-refractivity contribution is 5.92. The molecule has 1 aromatic carbocycles. The highest BCUT2D eigenvalue weighted by Crippen LogP contribution is 2.68. The lowest BCUT2D eigenvalue weighted by Gasteiger charge is -2.55. The van der Waals surface area contributed by atoms with Gasteiger partial charge in [0, 0.05) is 36.0 Å². The average Bonchev–Trinajstić information content (AvgIpc) is 3.29. The van der Waals surface area contributed by atoms with Gasteiger partial charge in [-0.25, -0.2) is 0 Å². The Morgan fingerprint density at radius 2 is 2.00 bits per heavy atom. The molecule has 5 aliphatic rings. The second-order valence-corrected chi connectivity index (χ2v) is 11.7. The molecule has 8 unspecified atom stereocenters. The Bertz CT molecular complexity index is 1300. The number of ketones is 1. The molecular weight excluding hydrogens is 426 g/mol. The number of ether oxygens (including phenoxy) is 1. The first-order valence-corrected chi connectivity index (χ1v) is 12.6. The number of hydrogen-bond donors (Lipinski definition) is 2. The molecule has 5 heteroatoms. The van der Waals surface area contributed by atoms with Gasteiger partial charge in [-0.15, -0.1) is 0 Å². The number of fused-ring (bicyclic) bond motifs is 2. The lowest BCUT2D eigenvalue weighted by atomic mass is 9.58. The molecule has 3 heterocycles. The molecule has 3 fully saturated rings. The normalized spacial score (nSPS) is 44.8. The van der Waals surface area contributed by atoms with Crippen LogP contribution in [0, 0.1) is 17.3 Å². The van der Waals surface area contributed by atoms with Crippen molar-refractivity contribution < 1.29 is 19.7 Å². The van der Waals surface area contributed by atoms with Crippen LogP contribution in [0.1, 0.15) is 57.4 Å². The maximum absolute atomic E-state index is 13.7. The molecule has 8 atom stereocenters. The number of allylic oxidation sites excluding steroid dienone is 1. The Hall–Kier alpha value is -2.34. The summed E-state index contributed by atoms with van der Waals surface area (Å²) in [6.45, 7) is 4.27. The van der Waals surface area contributed by atoms with Crippen molar-refractivity contribution in [3.63, 3.8) is 0 Å². The van der Waals surface area contributed by atoms with Crippen molar-refractivity contribution >= 4 is 16.6 Å². The quantitative estimate of drug-likeness (QED) is 0.670. The Morgan fingerprint density at radius 3 is 2.85 bits per heavy atom. The first-order valence-electron chi connectivity index (χ1n) is 12.6. The summed E-state index contributed by atoms with van der Waals surface area (Å²) in [6, 6.07) is 8.37. The third-order valence-corrected chi connectivity index (χ3v) is 9.99. The van der Waals surface area contributed by atoms with E-state index < -0.39 is 23.4 Å². The third kappa shape index (κ3) is 2.45. The Morgan fingerprint density at radius 1 is 1.15 bits per heavy atom. The Kier molecular flexibility index (Phi) is 4.11. The van der Waals surface area contributed by atoms with Gasteiger partial charge < -0.3 is 14.9 Å². The van der Waals surface area contributed by atoms with Crippen LogP contribution in [-0.4, -0.2) is 44.4 Å². The molecule has 0 amide bonds. The van der Waals surface area contributed by atoms with Crippen LogP contribution in [0.15, 0.2) is 60.0 Å². The van der Waals surface area contributed by atoms with Gasteiger partial charge in [0.2, 0.25) is 0 Å². The minimum absolute atomic E-state index is 0.0352. The topological polar surface area (TPSA) is 79.7 Å². The van der Waals surface area contributed by atoms with E-state index in [1.807, 2.05) is 19.2 Å². The lowest BCUT2D eigenvalue weighted by Crippen LogP contribution is -2.57. The number of aromatic nitrogens is 1. The fourth-order valence-electron chi connectivity index (χ4n) is 8.36. The van der Waals surface area contributed by atoms with Gasteiger partial charge in [-0.3, -0.25) is 9.78 Å². The number of benzene rings is 1. The Labute approximate surface area is 199 Å². The number of aliphatic hydroxyl groups is 2. The van der Waals surface area contributed by atoms with Gasteiger partial charge in [-0.2, -0.15) is 0 Å². The number of hydrogen-bond acceptors (Lipinski definition) is 5. The average molecular weight is 458 g/mol. The van der Waals surface area contributed by atoms with E-state index >= 15 is 0 Å². The number of nitrogens with zero attached hydrogens (tertiary/aromatic N) is 1. The minimum atomic E-state index is -0.891. The van der Waals surface area contributed by atoms with Gasteiger partial charge >= 0.3 is 0 Å². The molecule has 7 rings (SSSR count). The van der Waals surface area contributed by atoms with E-state index in [9.17, 15) is 15.0 Å². The highest BCUT2D eigenvalue weighted by Gasteiger charge is 2.69. The summed E-state index contributed by atoms with van der Waals surface area (Å²) in [5.74, 6) is 0.189. The predicted octanol–water partition coefficient (Wildman–Crippen LogP) is 4.23. The van der Waals surface area contributed by atoms with E-state index in [1.165, 1.54) is 0 Å². The van der Waals surface area contributed by atoms with Gasteiger partial charge in [0.25, 0.3) is 0 Å². The summed E-state index contributed by atoms with van der Waals surface area (Å²) in [7, 11) is 0. The van der Waals surface area contributed by atoms with E-state index in [0.29, 0.717) is 18.6 Å². The SMILES string of the molecule is CC1CC23CCC4(O2)C(=CCC2(C)C(c5ccc6ccncc6c5)C(=O)CC42)C=C3C(O)C1O. The van der Waals surface area contributed by atoms with Crippen LogP contribution in [0.5, 0.6) is 0 Å². The van der Waals surface area contributed by atoms with E-state index in [4.69, 9.17) is 4.74 Å². The van der Waals surface area contributed by atoms with Crippen LogP contribution in [0.2, 0.25) is 0 Å². The summed E-state index contributed by atoms with van der Waals surface area (Å²) < 4.78 is 7.08. The fraction of sp³-hybridized carbons (Fsp3) is 0.517. The maximum Gasteiger partial charge on any atom is 0.141 e. The molecule has 0 radical (unpaired) electrons. The fourth-order valence-corrected chi connectivity index (χ4v) is 8.36. The molecule has 176 valence electrons. The summed E-state index contributed by atoms with van der Waals surface area (Å²) in [4.78, 5) is 18.0. The number of aliphatic hydroxyl groups excluding tert-OH is 2. The number of pyridine rings is 1. The predicted molar refractivity (Wildman–Crippen MR) is 128 cm³/mol. The van der Waals surface area contributed by atoms with Crippen LogP contribution in [0.25, 0.3) is 10.8 Å². The van der Waals surface area contributed by atoms with Gasteiger partial charge in [0.15, 0.2) is 0 Å². The number of carbonyl (C=O) groups excluding carboxylic acids is 1. The summed E-state index contributed by atoms with van der Waals surface area (Å²) in [6.07, 6.45) is 10.1. The lowest BCUT2D eigenvalue weighted by molar-refractivity contribution is -0.162. The van der Waals surface area contributed by atoms with Crippen LogP contribution >= 0.6 is 0 Å². The van der Waals surface area contributed by atoms with Crippen LogP contribution in [-0.2, 0) is 9.53 Å². The van der Waals surface area contributed by atoms with E-state index in [1.54, 1.807) is 6.20 Å². The van der Waals surface area contributed by atoms with Crippen molar-refractivity contribution in [2.45, 2.75) is 75.3 Å². The monoisotopic (exact) mass is 457 g/mol. The van der Waals surface area contributed by atoms with Crippen molar-refractivity contribution in [3.05, 3.63) is 65.5 Å². The molecule has 2 bridgehead atoms. The van der Waals surface area contributed by atoms with Crippen molar-refractivity contribution in [2.24, 2.45) is 17.3 Å². The Balaban J connectivity index is 1.34. The van der Waals surface area contributed by atoms with Gasteiger partial charge in [0.1, 0.15) is 11.9 Å². The summed E-state index contributed by atoms with van der Waals surface area (Å²) >= 11 is 0. The smallest absolute Gasteiger partial charge is 0.141 e. The molecule has 2 aliphatic heterocycles. The first-order chi connectivity index (χ1) is 16.3. The highest BCUT2D eigenvalue weighted by atomic mass is 16.5. The maximum atomic E-state index is 13.7. The van der Waals surface area contributed by atoms with Gasteiger partial charge in [0.05, 0.1) is 17.3 Å². The van der Waals surface area contributed by atoms with Crippen LogP contribution in [0.4, 0.5) is 0 Å². The molecule has 3 aliphatic carbocycles. The molecular formula is C29H31NO4. The molecule has 5 nitrogen and oxygen atoms in total. The van der Waals surface area contributed by atoms with Crippen LogP contribution < -0.4 is 0 Å². The largest absolute Gasteiger partial charge is 0.390 e. The zero-order valence-corrected chi connectivity index (χ0v) is 19.7. The first kappa shape index (κ1) is 21.0. The van der Waals surface area contributed by atoms with Crippen LogP contribution in [0.3, 0.4) is 0 Å². The van der Waals surface area contributed by atoms with E-state index in [0.717, 1.165) is 46.7 Å². The second-order valence-electron chi connectivity index (χ2n) is 11.7. The summed E-state index contributed by atoms with van der Waals surface area (Å²) in [5.41, 5.74) is 1.78. The second kappa shape index (κ2) is 6.66. The molecule has 1 saturated heterocycles. The standard InChI is InChI=1S/C29H31NO4/c1-16-14-28-8-9-29(34-28)20(12-21(28)26(33)25(16)32)5-7-27(2)23(29)13-22(31)24(27)18-4-3-17-6-10-30-15-19(17)11-18/h3-6,10-12,15-16,23-26,32-33H,7-9,13-14H2,1-2H3. The molecule has 2 aromatic rings. The number of carbonyl (C=O) groups is 1.